The summed E-state index contributed by atoms with van der Waals surface area (Å²) >= 11 is 0. The Balaban J connectivity index is 1.76. The number of benzene rings is 1. The second-order valence-electron chi connectivity index (χ2n) is 6.08. The first kappa shape index (κ1) is 14.5. The SMILES string of the molecule is O=C(O)CC1CCCCN1Cc1cccc2c1CCOC2. The molecule has 0 saturated carbocycles. The molecule has 0 amide bonds. The number of nitrogens with zero attached hydrogens (tertiary/aromatic N) is 1. The van der Waals surface area contributed by atoms with Crippen LogP contribution in [-0.2, 0) is 29.1 Å². The summed E-state index contributed by atoms with van der Waals surface area (Å²) in [7, 11) is 0. The summed E-state index contributed by atoms with van der Waals surface area (Å²) in [5, 5.41) is 9.10. The zero-order valence-electron chi connectivity index (χ0n) is 12.4. The van der Waals surface area contributed by atoms with Crippen molar-refractivity contribution in [1.29, 1.82) is 0 Å². The lowest BCUT2D eigenvalue weighted by atomic mass is 9.94. The van der Waals surface area contributed by atoms with Crippen LogP contribution in [0.2, 0.25) is 0 Å². The molecule has 1 N–H and O–H groups in total. The Hall–Kier alpha value is -1.39. The van der Waals surface area contributed by atoms with Crippen molar-refractivity contribution in [3.8, 4) is 0 Å². The lowest BCUT2D eigenvalue weighted by molar-refractivity contribution is -0.138. The predicted molar refractivity (Wildman–Crippen MR) is 80.1 cm³/mol. The molecule has 2 aliphatic heterocycles. The van der Waals surface area contributed by atoms with Crippen LogP contribution >= 0.6 is 0 Å². The zero-order chi connectivity index (χ0) is 14.7. The van der Waals surface area contributed by atoms with Crippen LogP contribution in [0.15, 0.2) is 18.2 Å². The van der Waals surface area contributed by atoms with E-state index in [0.717, 1.165) is 39.0 Å². The van der Waals surface area contributed by atoms with Gasteiger partial charge in [-0.15, -0.1) is 0 Å². The molecule has 1 aromatic rings. The van der Waals surface area contributed by atoms with Gasteiger partial charge in [0.2, 0.25) is 0 Å². The molecule has 114 valence electrons. The number of ether oxygens (including phenoxy) is 1. The van der Waals surface area contributed by atoms with Crippen molar-refractivity contribution in [3.05, 3.63) is 34.9 Å². The van der Waals surface area contributed by atoms with Gasteiger partial charge in [-0.3, -0.25) is 9.69 Å². The fourth-order valence-electron chi connectivity index (χ4n) is 3.57. The van der Waals surface area contributed by atoms with Gasteiger partial charge < -0.3 is 9.84 Å². The van der Waals surface area contributed by atoms with Gasteiger partial charge in [-0.2, -0.15) is 0 Å². The van der Waals surface area contributed by atoms with Crippen molar-refractivity contribution in [3.63, 3.8) is 0 Å². The number of aliphatic carboxylic acids is 1. The van der Waals surface area contributed by atoms with Gasteiger partial charge in [0.15, 0.2) is 0 Å². The second-order valence-corrected chi connectivity index (χ2v) is 6.08. The van der Waals surface area contributed by atoms with Gasteiger partial charge in [-0.05, 0) is 42.5 Å². The van der Waals surface area contributed by atoms with Crippen molar-refractivity contribution in [2.75, 3.05) is 13.2 Å². The Morgan fingerprint density at radius 2 is 2.29 bits per heavy atom. The van der Waals surface area contributed by atoms with Gasteiger partial charge in [0, 0.05) is 12.6 Å². The quantitative estimate of drug-likeness (QED) is 0.925. The molecule has 4 heteroatoms. The maximum Gasteiger partial charge on any atom is 0.304 e. The van der Waals surface area contributed by atoms with E-state index in [0.29, 0.717) is 6.61 Å². The number of hydrogen-bond acceptors (Lipinski definition) is 3. The van der Waals surface area contributed by atoms with Gasteiger partial charge in [0.1, 0.15) is 0 Å². The molecule has 1 fully saturated rings. The van der Waals surface area contributed by atoms with Crippen LogP contribution in [-0.4, -0.2) is 35.2 Å². The Bertz CT molecular complexity index is 515. The normalized spacial score (nSPS) is 22.8. The molecule has 0 aliphatic carbocycles. The monoisotopic (exact) mass is 289 g/mol. The average Bonchev–Trinajstić information content (AvgIpc) is 2.49. The highest BCUT2D eigenvalue weighted by molar-refractivity contribution is 5.67. The van der Waals surface area contributed by atoms with E-state index in [9.17, 15) is 4.79 Å². The van der Waals surface area contributed by atoms with Gasteiger partial charge in [-0.25, -0.2) is 0 Å². The number of rotatable bonds is 4. The zero-order valence-corrected chi connectivity index (χ0v) is 12.4. The van der Waals surface area contributed by atoms with E-state index in [-0.39, 0.29) is 12.5 Å². The van der Waals surface area contributed by atoms with Crippen LogP contribution in [0, 0.1) is 0 Å². The number of piperidine rings is 1. The highest BCUT2D eigenvalue weighted by Gasteiger charge is 2.25. The Kier molecular flexibility index (Phi) is 4.56. The summed E-state index contributed by atoms with van der Waals surface area (Å²) in [6, 6.07) is 6.62. The minimum Gasteiger partial charge on any atom is -0.481 e. The number of likely N-dealkylation sites (tertiary alicyclic amines) is 1. The van der Waals surface area contributed by atoms with Gasteiger partial charge in [0.05, 0.1) is 19.6 Å². The third kappa shape index (κ3) is 3.44. The molecule has 0 spiro atoms. The Morgan fingerprint density at radius 1 is 1.38 bits per heavy atom. The maximum absolute atomic E-state index is 11.1. The number of carboxylic acids is 1. The molecular formula is C17H23NO3. The Morgan fingerprint density at radius 3 is 3.14 bits per heavy atom. The van der Waals surface area contributed by atoms with E-state index in [1.54, 1.807) is 0 Å². The summed E-state index contributed by atoms with van der Waals surface area (Å²) in [5.74, 6) is -0.685. The summed E-state index contributed by atoms with van der Waals surface area (Å²) in [6.45, 7) is 3.39. The summed E-state index contributed by atoms with van der Waals surface area (Å²) < 4.78 is 5.52. The first-order valence-electron chi connectivity index (χ1n) is 7.87. The fourth-order valence-corrected chi connectivity index (χ4v) is 3.57. The van der Waals surface area contributed by atoms with Gasteiger partial charge >= 0.3 is 5.97 Å². The van der Waals surface area contributed by atoms with Crippen LogP contribution in [0.5, 0.6) is 0 Å². The van der Waals surface area contributed by atoms with Crippen LogP contribution in [0.3, 0.4) is 0 Å². The molecule has 1 unspecified atom stereocenters. The van der Waals surface area contributed by atoms with Gasteiger partial charge in [-0.1, -0.05) is 24.6 Å². The van der Waals surface area contributed by atoms with E-state index < -0.39 is 5.97 Å². The highest BCUT2D eigenvalue weighted by Crippen LogP contribution is 2.26. The second kappa shape index (κ2) is 6.58. The maximum atomic E-state index is 11.1. The van der Waals surface area contributed by atoms with Crippen LogP contribution in [0.4, 0.5) is 0 Å². The molecule has 2 heterocycles. The smallest absolute Gasteiger partial charge is 0.304 e. The summed E-state index contributed by atoms with van der Waals surface area (Å²) in [4.78, 5) is 13.4. The van der Waals surface area contributed by atoms with Crippen LogP contribution < -0.4 is 0 Å². The summed E-state index contributed by atoms with van der Waals surface area (Å²) in [5.41, 5.74) is 4.07. The number of carboxylic acid groups (broad SMARTS) is 1. The first-order valence-corrected chi connectivity index (χ1v) is 7.87. The molecule has 0 radical (unpaired) electrons. The predicted octanol–water partition coefficient (Wildman–Crippen LogP) is 2.59. The minimum absolute atomic E-state index is 0.187. The Labute approximate surface area is 125 Å². The van der Waals surface area contributed by atoms with Crippen LogP contribution in [0.1, 0.15) is 42.4 Å². The van der Waals surface area contributed by atoms with E-state index in [4.69, 9.17) is 9.84 Å². The lowest BCUT2D eigenvalue weighted by Gasteiger charge is -2.35. The largest absolute Gasteiger partial charge is 0.481 e. The molecular weight excluding hydrogens is 266 g/mol. The van der Waals surface area contributed by atoms with Gasteiger partial charge in [0.25, 0.3) is 0 Å². The number of fused-ring (bicyclic) bond motifs is 1. The van der Waals surface area contributed by atoms with E-state index in [1.165, 1.54) is 23.1 Å². The van der Waals surface area contributed by atoms with Crippen LogP contribution in [0.25, 0.3) is 0 Å². The van der Waals surface area contributed by atoms with Crippen molar-refractivity contribution in [2.24, 2.45) is 0 Å². The van der Waals surface area contributed by atoms with Crippen molar-refractivity contribution >= 4 is 5.97 Å². The topological polar surface area (TPSA) is 49.8 Å². The van der Waals surface area contributed by atoms with Crippen molar-refractivity contribution in [1.82, 2.24) is 4.90 Å². The molecule has 21 heavy (non-hydrogen) atoms. The molecule has 3 rings (SSSR count). The first-order chi connectivity index (χ1) is 10.2. The van der Waals surface area contributed by atoms with Crippen molar-refractivity contribution < 1.29 is 14.6 Å². The molecule has 0 aromatic heterocycles. The molecule has 1 atom stereocenters. The summed E-state index contributed by atoms with van der Waals surface area (Å²) in [6.07, 6.45) is 4.56. The molecule has 0 bridgehead atoms. The molecule has 1 aromatic carbocycles. The average molecular weight is 289 g/mol. The third-order valence-corrected chi connectivity index (χ3v) is 4.66. The highest BCUT2D eigenvalue weighted by atomic mass is 16.5. The molecule has 1 saturated heterocycles. The van der Waals surface area contributed by atoms with Crippen molar-refractivity contribution in [2.45, 2.75) is 51.3 Å². The standard InChI is InChI=1S/C17H23NO3/c19-17(20)10-15-6-1-2-8-18(15)11-13-4-3-5-14-12-21-9-7-16(13)14/h3-5,15H,1-2,6-12H2,(H,19,20). The molecule has 2 aliphatic rings. The van der Waals surface area contributed by atoms with E-state index in [2.05, 4.69) is 23.1 Å². The number of carbonyl (C=O) groups is 1. The van der Waals surface area contributed by atoms with E-state index in [1.807, 2.05) is 0 Å². The fraction of sp³-hybridized carbons (Fsp3) is 0.588. The lowest BCUT2D eigenvalue weighted by Crippen LogP contribution is -2.40. The minimum atomic E-state index is -0.685. The molecule has 4 nitrogen and oxygen atoms in total. The van der Waals surface area contributed by atoms with E-state index >= 15 is 0 Å². The number of hydrogen-bond donors (Lipinski definition) is 1. The third-order valence-electron chi connectivity index (χ3n) is 4.66.